The van der Waals surface area contributed by atoms with Crippen molar-refractivity contribution in [3.05, 3.63) is 47.7 Å². The third kappa shape index (κ3) is 3.93. The van der Waals surface area contributed by atoms with Crippen molar-refractivity contribution in [1.82, 2.24) is 9.97 Å². The van der Waals surface area contributed by atoms with Crippen LogP contribution in [0.4, 0.5) is 20.5 Å². The third-order valence-electron chi connectivity index (χ3n) is 4.95. The van der Waals surface area contributed by atoms with Crippen molar-refractivity contribution in [2.45, 2.75) is 19.3 Å². The lowest BCUT2D eigenvalue weighted by Gasteiger charge is -2.42. The number of nitrogens with zero attached hydrogens (tertiary/aromatic N) is 4. The maximum atomic E-state index is 14.1. The molecule has 2 aromatic rings. The van der Waals surface area contributed by atoms with Crippen molar-refractivity contribution in [3.63, 3.8) is 0 Å². The predicted molar refractivity (Wildman–Crippen MR) is 97.4 cm³/mol. The lowest BCUT2D eigenvalue weighted by Crippen LogP contribution is -2.47. The standard InChI is InChI=1S/C19H24F2N4O/c1-24(2)17-6-8-22-18(23-17)25-9-3-7-19(12-25,13-26)11-14-4-5-15(20)10-16(14)21/h4-6,8,10,26H,3,7,9,11-13H2,1-2H3. The molecule has 140 valence electrons. The van der Waals surface area contributed by atoms with Crippen LogP contribution in [0.25, 0.3) is 0 Å². The molecule has 26 heavy (non-hydrogen) atoms. The Morgan fingerprint density at radius 3 is 2.77 bits per heavy atom. The fourth-order valence-electron chi connectivity index (χ4n) is 3.52. The number of halogens is 2. The topological polar surface area (TPSA) is 52.5 Å². The molecule has 1 N–H and O–H groups in total. The van der Waals surface area contributed by atoms with Gasteiger partial charge in [-0.3, -0.25) is 0 Å². The fourth-order valence-corrected chi connectivity index (χ4v) is 3.52. The van der Waals surface area contributed by atoms with Gasteiger partial charge in [0.2, 0.25) is 5.95 Å². The molecule has 0 aliphatic carbocycles. The van der Waals surface area contributed by atoms with Crippen LogP contribution in [-0.2, 0) is 6.42 Å². The van der Waals surface area contributed by atoms with Gasteiger partial charge in [0.1, 0.15) is 17.5 Å². The first-order valence-electron chi connectivity index (χ1n) is 8.73. The maximum absolute atomic E-state index is 14.1. The molecule has 1 aliphatic heterocycles. The second-order valence-corrected chi connectivity index (χ2v) is 7.20. The van der Waals surface area contributed by atoms with E-state index in [0.29, 0.717) is 24.5 Å². The number of piperidine rings is 1. The lowest BCUT2D eigenvalue weighted by atomic mass is 9.75. The Kier molecular flexibility index (Phi) is 5.36. The number of aromatic nitrogens is 2. The molecule has 7 heteroatoms. The number of aliphatic hydroxyl groups excluding tert-OH is 1. The quantitative estimate of drug-likeness (QED) is 0.886. The zero-order chi connectivity index (χ0) is 18.7. The highest BCUT2D eigenvalue weighted by Crippen LogP contribution is 2.35. The molecule has 5 nitrogen and oxygen atoms in total. The highest BCUT2D eigenvalue weighted by atomic mass is 19.1. The normalized spacial score (nSPS) is 20.3. The third-order valence-corrected chi connectivity index (χ3v) is 4.95. The van der Waals surface area contributed by atoms with Crippen LogP contribution in [0, 0.1) is 17.0 Å². The minimum atomic E-state index is -0.594. The largest absolute Gasteiger partial charge is 0.396 e. The zero-order valence-electron chi connectivity index (χ0n) is 15.1. The van der Waals surface area contributed by atoms with E-state index >= 15 is 0 Å². The number of hydrogen-bond donors (Lipinski definition) is 1. The summed E-state index contributed by atoms with van der Waals surface area (Å²) in [5.41, 5.74) is -0.0840. The van der Waals surface area contributed by atoms with E-state index in [2.05, 4.69) is 9.97 Å². The average molecular weight is 362 g/mol. The van der Waals surface area contributed by atoms with Crippen molar-refractivity contribution >= 4 is 11.8 Å². The highest BCUT2D eigenvalue weighted by molar-refractivity contribution is 5.43. The summed E-state index contributed by atoms with van der Waals surface area (Å²) in [6.45, 7) is 1.23. The highest BCUT2D eigenvalue weighted by Gasteiger charge is 2.37. The van der Waals surface area contributed by atoms with Crippen molar-refractivity contribution < 1.29 is 13.9 Å². The fraction of sp³-hybridized carbons (Fsp3) is 0.474. The Labute approximate surface area is 152 Å². The zero-order valence-corrected chi connectivity index (χ0v) is 15.1. The van der Waals surface area contributed by atoms with Crippen LogP contribution in [0.1, 0.15) is 18.4 Å². The summed E-state index contributed by atoms with van der Waals surface area (Å²) < 4.78 is 27.3. The molecule has 0 bridgehead atoms. The molecule has 1 aromatic heterocycles. The number of anilines is 2. The molecule has 1 saturated heterocycles. The Bertz CT molecular complexity index is 771. The van der Waals surface area contributed by atoms with Crippen LogP contribution >= 0.6 is 0 Å². The molecule has 0 radical (unpaired) electrons. The molecule has 3 rings (SSSR count). The van der Waals surface area contributed by atoms with E-state index in [1.165, 1.54) is 12.1 Å². The number of rotatable bonds is 5. The van der Waals surface area contributed by atoms with E-state index < -0.39 is 17.0 Å². The molecule has 1 fully saturated rings. The van der Waals surface area contributed by atoms with Gasteiger partial charge in [-0.15, -0.1) is 0 Å². The van der Waals surface area contributed by atoms with Crippen molar-refractivity contribution in [1.29, 1.82) is 0 Å². The van der Waals surface area contributed by atoms with Crippen LogP contribution in [0.3, 0.4) is 0 Å². The molecule has 1 atom stereocenters. The van der Waals surface area contributed by atoms with E-state index in [-0.39, 0.29) is 6.61 Å². The average Bonchev–Trinajstić information content (AvgIpc) is 2.64. The number of benzene rings is 1. The minimum absolute atomic E-state index is 0.0757. The Morgan fingerprint density at radius 1 is 1.27 bits per heavy atom. The Hall–Kier alpha value is -2.28. The lowest BCUT2D eigenvalue weighted by molar-refractivity contribution is 0.104. The van der Waals surface area contributed by atoms with Gasteiger partial charge in [-0.2, -0.15) is 4.98 Å². The molecule has 1 unspecified atom stereocenters. The summed E-state index contributed by atoms with van der Waals surface area (Å²) in [4.78, 5) is 12.9. The monoisotopic (exact) mass is 362 g/mol. The summed E-state index contributed by atoms with van der Waals surface area (Å²) in [5, 5.41) is 10.1. The van der Waals surface area contributed by atoms with E-state index in [1.54, 1.807) is 6.20 Å². The van der Waals surface area contributed by atoms with Gasteiger partial charge in [-0.05, 0) is 37.0 Å². The first kappa shape index (κ1) is 18.5. The van der Waals surface area contributed by atoms with Crippen LogP contribution < -0.4 is 9.80 Å². The van der Waals surface area contributed by atoms with Gasteiger partial charge in [-0.25, -0.2) is 13.8 Å². The second-order valence-electron chi connectivity index (χ2n) is 7.20. The maximum Gasteiger partial charge on any atom is 0.227 e. The molecule has 0 spiro atoms. The molecular formula is C19H24F2N4O. The van der Waals surface area contributed by atoms with E-state index in [4.69, 9.17) is 0 Å². The van der Waals surface area contributed by atoms with Crippen molar-refractivity contribution in [2.24, 2.45) is 5.41 Å². The molecule has 0 saturated carbocycles. The summed E-state index contributed by atoms with van der Waals surface area (Å²) >= 11 is 0. The van der Waals surface area contributed by atoms with Gasteiger partial charge in [0.15, 0.2) is 0 Å². The molecule has 1 aromatic carbocycles. The van der Waals surface area contributed by atoms with Gasteiger partial charge in [0.05, 0.1) is 6.61 Å². The van der Waals surface area contributed by atoms with Gasteiger partial charge in [-0.1, -0.05) is 6.07 Å². The summed E-state index contributed by atoms with van der Waals surface area (Å²) in [6, 6.07) is 5.45. The van der Waals surface area contributed by atoms with E-state index in [0.717, 1.165) is 31.3 Å². The van der Waals surface area contributed by atoms with Crippen molar-refractivity contribution in [2.75, 3.05) is 43.6 Å². The molecule has 1 aliphatic rings. The van der Waals surface area contributed by atoms with Crippen LogP contribution in [0.2, 0.25) is 0 Å². The predicted octanol–water partition coefficient (Wildman–Crippen LogP) is 2.64. The van der Waals surface area contributed by atoms with E-state index in [1.807, 2.05) is 30.0 Å². The summed E-state index contributed by atoms with van der Waals surface area (Å²) in [6.07, 6.45) is 3.68. The van der Waals surface area contributed by atoms with Gasteiger partial charge >= 0.3 is 0 Å². The molecular weight excluding hydrogens is 338 g/mol. The smallest absolute Gasteiger partial charge is 0.227 e. The first-order chi connectivity index (χ1) is 12.4. The van der Waals surface area contributed by atoms with Crippen molar-refractivity contribution in [3.8, 4) is 0 Å². The molecule has 0 amide bonds. The van der Waals surface area contributed by atoms with Gasteiger partial charge < -0.3 is 14.9 Å². The Morgan fingerprint density at radius 2 is 2.08 bits per heavy atom. The summed E-state index contributed by atoms with van der Waals surface area (Å²) in [5.74, 6) is 0.248. The summed E-state index contributed by atoms with van der Waals surface area (Å²) in [7, 11) is 3.83. The van der Waals surface area contributed by atoms with Crippen LogP contribution in [0.15, 0.2) is 30.5 Å². The molecule has 2 heterocycles. The Balaban J connectivity index is 1.83. The second kappa shape index (κ2) is 7.53. The van der Waals surface area contributed by atoms with E-state index in [9.17, 15) is 13.9 Å². The van der Waals surface area contributed by atoms with Gasteiger partial charge in [0, 0.05) is 44.9 Å². The van der Waals surface area contributed by atoms with Gasteiger partial charge in [0.25, 0.3) is 0 Å². The number of aliphatic hydroxyl groups is 1. The number of hydrogen-bond acceptors (Lipinski definition) is 5. The SMILES string of the molecule is CN(C)c1ccnc(N2CCCC(CO)(Cc3ccc(F)cc3F)C2)n1. The first-order valence-corrected chi connectivity index (χ1v) is 8.73. The van der Waals surface area contributed by atoms with Crippen LogP contribution in [0.5, 0.6) is 0 Å². The minimum Gasteiger partial charge on any atom is -0.396 e. The van der Waals surface area contributed by atoms with Crippen LogP contribution in [-0.4, -0.2) is 48.9 Å².